The van der Waals surface area contributed by atoms with Crippen molar-refractivity contribution in [3.63, 3.8) is 0 Å². The van der Waals surface area contributed by atoms with Crippen molar-refractivity contribution in [2.75, 3.05) is 5.32 Å². The van der Waals surface area contributed by atoms with E-state index in [0.29, 0.717) is 6.54 Å². The first-order chi connectivity index (χ1) is 16.5. The second kappa shape index (κ2) is 10.2. The van der Waals surface area contributed by atoms with Crippen molar-refractivity contribution in [2.24, 2.45) is 0 Å². The van der Waals surface area contributed by atoms with Gasteiger partial charge in [-0.05, 0) is 79.4 Å². The van der Waals surface area contributed by atoms with Gasteiger partial charge < -0.3 is 9.88 Å². The molecule has 0 aliphatic heterocycles. The summed E-state index contributed by atoms with van der Waals surface area (Å²) in [5, 5.41) is 3.48. The van der Waals surface area contributed by atoms with Crippen LogP contribution < -0.4 is 5.32 Å². The Hall–Kier alpha value is -4.11. The van der Waals surface area contributed by atoms with Gasteiger partial charge in [0.25, 0.3) is 0 Å². The number of aryl methyl sites for hydroxylation is 2. The third kappa shape index (κ3) is 4.94. The van der Waals surface area contributed by atoms with Crippen molar-refractivity contribution in [1.29, 1.82) is 0 Å². The van der Waals surface area contributed by atoms with Gasteiger partial charge in [-0.1, -0.05) is 61.7 Å². The van der Waals surface area contributed by atoms with Crippen LogP contribution in [0, 0.1) is 13.8 Å². The number of hydrogen-bond donors (Lipinski definition) is 1. The molecule has 0 aliphatic rings. The third-order valence-corrected chi connectivity index (χ3v) is 5.81. The maximum absolute atomic E-state index is 4.62. The number of anilines is 1. The Morgan fingerprint density at radius 1 is 1.00 bits per heavy atom. The molecule has 0 fully saturated rings. The summed E-state index contributed by atoms with van der Waals surface area (Å²) in [5.41, 5.74) is 10.8. The minimum atomic E-state index is 0.687. The zero-order valence-electron chi connectivity index (χ0n) is 20.2. The van der Waals surface area contributed by atoms with E-state index in [1.54, 1.807) is 0 Å². The van der Waals surface area contributed by atoms with E-state index in [2.05, 4.69) is 108 Å². The summed E-state index contributed by atoms with van der Waals surface area (Å²) in [6.45, 7) is 15.4. The summed E-state index contributed by atoms with van der Waals surface area (Å²) >= 11 is 0. The average Bonchev–Trinajstić information content (AvgIpc) is 3.21. The number of hydrogen-bond acceptors (Lipinski definition) is 2. The first-order valence-corrected chi connectivity index (χ1v) is 11.5. The van der Waals surface area contributed by atoms with Gasteiger partial charge in [0.1, 0.15) is 0 Å². The van der Waals surface area contributed by atoms with Crippen LogP contribution in [-0.2, 0) is 6.54 Å². The maximum Gasteiger partial charge on any atom is 0.0606 e. The number of aromatic nitrogens is 2. The number of allylic oxidation sites excluding steroid dienone is 1. The molecule has 0 saturated heterocycles. The fraction of sp³-hybridized carbons (Fsp3) is 0.129. The van der Waals surface area contributed by atoms with Crippen molar-refractivity contribution in [2.45, 2.75) is 27.3 Å². The quantitative estimate of drug-likeness (QED) is 0.298. The van der Waals surface area contributed by atoms with Crippen molar-refractivity contribution in [1.82, 2.24) is 9.55 Å². The lowest BCUT2D eigenvalue weighted by molar-refractivity contribution is 1.01. The van der Waals surface area contributed by atoms with Gasteiger partial charge >= 0.3 is 0 Å². The zero-order valence-corrected chi connectivity index (χ0v) is 20.2. The molecule has 0 atom stereocenters. The van der Waals surface area contributed by atoms with Crippen LogP contribution in [0.1, 0.15) is 40.8 Å². The molecule has 2 aromatic heterocycles. The second-order valence-electron chi connectivity index (χ2n) is 8.44. The minimum absolute atomic E-state index is 0.687. The predicted molar refractivity (Wildman–Crippen MR) is 147 cm³/mol. The molecule has 1 N–H and O–H groups in total. The molecule has 0 bridgehead atoms. The normalized spacial score (nSPS) is 11.0. The number of benzene rings is 2. The number of nitrogens with one attached hydrogen (secondary N) is 1. The van der Waals surface area contributed by atoms with E-state index in [9.17, 15) is 0 Å². The van der Waals surface area contributed by atoms with Crippen LogP contribution >= 0.6 is 0 Å². The van der Waals surface area contributed by atoms with Crippen LogP contribution in [0.5, 0.6) is 0 Å². The number of rotatable bonds is 8. The third-order valence-electron chi connectivity index (χ3n) is 5.81. The molecule has 170 valence electrons. The van der Waals surface area contributed by atoms with Gasteiger partial charge in [-0.3, -0.25) is 4.98 Å². The standard InChI is InChI=1S/C31H31N3/c1-6-11-29-20-30(26-12-9-8-10-13-26)31(34(29)7-2)24(5)25-14-16-27(17-15-25)32-21-28-19-22(3)18-23(4)33-28/h6-20,32H,2,5,21H2,1,3-4H3/b11-6-. The molecule has 0 radical (unpaired) electrons. The van der Waals surface area contributed by atoms with E-state index < -0.39 is 0 Å². The fourth-order valence-corrected chi connectivity index (χ4v) is 4.32. The Morgan fingerprint density at radius 2 is 1.74 bits per heavy atom. The van der Waals surface area contributed by atoms with E-state index in [0.717, 1.165) is 50.7 Å². The molecule has 2 heterocycles. The molecule has 2 aromatic carbocycles. The van der Waals surface area contributed by atoms with Gasteiger partial charge in [-0.2, -0.15) is 0 Å². The smallest absolute Gasteiger partial charge is 0.0606 e. The van der Waals surface area contributed by atoms with Crippen molar-refractivity contribution >= 4 is 23.5 Å². The number of pyridine rings is 1. The molecule has 0 aliphatic carbocycles. The Bertz CT molecular complexity index is 1320. The molecular formula is C31H31N3. The highest BCUT2D eigenvalue weighted by atomic mass is 15.0. The van der Waals surface area contributed by atoms with E-state index in [4.69, 9.17) is 0 Å². The Labute approximate surface area is 202 Å². The molecule has 0 saturated carbocycles. The van der Waals surface area contributed by atoms with Crippen LogP contribution in [0.15, 0.2) is 92.0 Å². The van der Waals surface area contributed by atoms with Crippen LogP contribution in [-0.4, -0.2) is 9.55 Å². The average molecular weight is 446 g/mol. The molecule has 4 rings (SSSR count). The molecule has 3 nitrogen and oxygen atoms in total. The van der Waals surface area contributed by atoms with Gasteiger partial charge in [0.15, 0.2) is 0 Å². The molecule has 0 unspecified atom stereocenters. The van der Waals surface area contributed by atoms with Crippen LogP contribution in [0.2, 0.25) is 0 Å². The second-order valence-corrected chi connectivity index (χ2v) is 8.44. The Balaban J connectivity index is 1.63. The van der Waals surface area contributed by atoms with Crippen LogP contribution in [0.25, 0.3) is 29.0 Å². The number of nitrogens with zero attached hydrogens (tertiary/aromatic N) is 2. The summed E-state index contributed by atoms with van der Waals surface area (Å²) < 4.78 is 2.11. The monoisotopic (exact) mass is 445 g/mol. The summed E-state index contributed by atoms with van der Waals surface area (Å²) in [5.74, 6) is 0. The molecular weight excluding hydrogens is 414 g/mol. The van der Waals surface area contributed by atoms with Gasteiger partial charge in [0.05, 0.1) is 17.9 Å². The summed E-state index contributed by atoms with van der Waals surface area (Å²) in [6, 6.07) is 25.3. The highest BCUT2D eigenvalue weighted by Crippen LogP contribution is 2.36. The SMILES string of the molecule is C=Cn1c(/C=C\C)cc(-c2ccccc2)c1C(=C)c1ccc(NCc2cc(C)cc(C)n2)cc1. The highest BCUT2D eigenvalue weighted by Gasteiger charge is 2.17. The van der Waals surface area contributed by atoms with Crippen molar-refractivity contribution < 1.29 is 0 Å². The maximum atomic E-state index is 4.62. The van der Waals surface area contributed by atoms with Crippen molar-refractivity contribution in [3.8, 4) is 11.1 Å². The first-order valence-electron chi connectivity index (χ1n) is 11.5. The molecule has 34 heavy (non-hydrogen) atoms. The summed E-state index contributed by atoms with van der Waals surface area (Å²) in [6.07, 6.45) is 6.00. The predicted octanol–water partition coefficient (Wildman–Crippen LogP) is 7.97. The minimum Gasteiger partial charge on any atom is -0.379 e. The topological polar surface area (TPSA) is 29.9 Å². The summed E-state index contributed by atoms with van der Waals surface area (Å²) in [7, 11) is 0. The van der Waals surface area contributed by atoms with Crippen molar-refractivity contribution in [3.05, 3.63) is 126 Å². The Morgan fingerprint density at radius 3 is 2.38 bits per heavy atom. The zero-order chi connectivity index (χ0) is 24.1. The van der Waals surface area contributed by atoms with E-state index >= 15 is 0 Å². The highest BCUT2D eigenvalue weighted by molar-refractivity contribution is 5.89. The fourth-order valence-electron chi connectivity index (χ4n) is 4.32. The lowest BCUT2D eigenvalue weighted by atomic mass is 9.97. The molecule has 3 heteroatoms. The first kappa shape index (κ1) is 23.1. The van der Waals surface area contributed by atoms with Gasteiger partial charge in [-0.15, -0.1) is 0 Å². The van der Waals surface area contributed by atoms with Crippen LogP contribution in [0.4, 0.5) is 5.69 Å². The van der Waals surface area contributed by atoms with Gasteiger partial charge in [-0.25, -0.2) is 0 Å². The molecule has 0 amide bonds. The van der Waals surface area contributed by atoms with E-state index in [1.165, 1.54) is 5.56 Å². The lowest BCUT2D eigenvalue weighted by Crippen LogP contribution is -2.03. The Kier molecular flexibility index (Phi) is 6.93. The van der Waals surface area contributed by atoms with E-state index in [-0.39, 0.29) is 0 Å². The van der Waals surface area contributed by atoms with Gasteiger partial charge in [0, 0.05) is 28.8 Å². The molecule has 0 spiro atoms. The summed E-state index contributed by atoms with van der Waals surface area (Å²) in [4.78, 5) is 4.62. The largest absolute Gasteiger partial charge is 0.379 e. The molecule has 4 aromatic rings. The lowest BCUT2D eigenvalue weighted by Gasteiger charge is -2.14. The van der Waals surface area contributed by atoms with Crippen LogP contribution in [0.3, 0.4) is 0 Å². The van der Waals surface area contributed by atoms with E-state index in [1.807, 2.05) is 32.2 Å². The van der Waals surface area contributed by atoms with Gasteiger partial charge in [0.2, 0.25) is 0 Å².